The maximum absolute atomic E-state index is 11.9. The molecule has 2 N–H and O–H groups in total. The average molecular weight is 214 g/mol. The highest BCUT2D eigenvalue weighted by atomic mass is 16.5. The molecule has 0 bridgehead atoms. The molecule has 2 unspecified atom stereocenters. The maximum Gasteiger partial charge on any atom is 0.222 e. The highest BCUT2D eigenvalue weighted by molar-refractivity contribution is 5.76. The van der Waals surface area contributed by atoms with Gasteiger partial charge in [-0.05, 0) is 25.8 Å². The van der Waals surface area contributed by atoms with Crippen LogP contribution in [0, 0.1) is 5.92 Å². The lowest BCUT2D eigenvalue weighted by atomic mass is 10.1. The van der Waals surface area contributed by atoms with Gasteiger partial charge in [-0.2, -0.15) is 0 Å². The first kappa shape index (κ1) is 12.5. The molecule has 1 heterocycles. The van der Waals surface area contributed by atoms with Crippen LogP contribution in [0.2, 0.25) is 0 Å². The van der Waals surface area contributed by atoms with Crippen molar-refractivity contribution in [1.82, 2.24) is 4.90 Å². The lowest BCUT2D eigenvalue weighted by Crippen LogP contribution is -2.47. The van der Waals surface area contributed by atoms with E-state index in [4.69, 9.17) is 10.5 Å². The quantitative estimate of drug-likeness (QED) is 0.746. The van der Waals surface area contributed by atoms with Crippen molar-refractivity contribution in [3.63, 3.8) is 0 Å². The number of hydrogen-bond acceptors (Lipinski definition) is 3. The Morgan fingerprint density at radius 2 is 2.40 bits per heavy atom. The van der Waals surface area contributed by atoms with Crippen molar-refractivity contribution in [1.29, 1.82) is 0 Å². The number of carbonyl (C=O) groups is 1. The molecule has 88 valence electrons. The van der Waals surface area contributed by atoms with Crippen LogP contribution in [0.15, 0.2) is 0 Å². The largest absolute Gasteiger partial charge is 0.377 e. The molecule has 0 spiro atoms. The van der Waals surface area contributed by atoms with Crippen molar-refractivity contribution >= 4 is 5.91 Å². The summed E-state index contributed by atoms with van der Waals surface area (Å²) < 4.78 is 5.30. The zero-order valence-corrected chi connectivity index (χ0v) is 9.74. The summed E-state index contributed by atoms with van der Waals surface area (Å²) in [6, 6.07) is 0.222. The van der Waals surface area contributed by atoms with Gasteiger partial charge < -0.3 is 15.4 Å². The van der Waals surface area contributed by atoms with Crippen LogP contribution in [-0.4, -0.2) is 43.2 Å². The van der Waals surface area contributed by atoms with E-state index in [1.165, 1.54) is 0 Å². The smallest absolute Gasteiger partial charge is 0.222 e. The number of nitrogens with zero attached hydrogens (tertiary/aromatic N) is 1. The van der Waals surface area contributed by atoms with Gasteiger partial charge in [0.2, 0.25) is 5.91 Å². The number of morpholine rings is 1. The third-order valence-electron chi connectivity index (χ3n) is 2.94. The Morgan fingerprint density at radius 3 is 3.00 bits per heavy atom. The zero-order valence-electron chi connectivity index (χ0n) is 9.74. The van der Waals surface area contributed by atoms with Crippen LogP contribution in [-0.2, 0) is 9.53 Å². The number of carbonyl (C=O) groups excluding carboxylic acids is 1. The molecular weight excluding hydrogens is 192 g/mol. The summed E-state index contributed by atoms with van der Waals surface area (Å²) in [4.78, 5) is 13.8. The summed E-state index contributed by atoms with van der Waals surface area (Å²) in [5.41, 5.74) is 5.52. The van der Waals surface area contributed by atoms with Crippen molar-refractivity contribution in [3.8, 4) is 0 Å². The van der Waals surface area contributed by atoms with Gasteiger partial charge >= 0.3 is 0 Å². The Labute approximate surface area is 91.8 Å². The predicted octanol–water partition coefficient (Wildman–Crippen LogP) is 0.609. The zero-order chi connectivity index (χ0) is 11.3. The van der Waals surface area contributed by atoms with Gasteiger partial charge in [0.1, 0.15) is 0 Å². The molecule has 15 heavy (non-hydrogen) atoms. The number of rotatable bonds is 4. The van der Waals surface area contributed by atoms with Gasteiger partial charge in [-0.3, -0.25) is 4.79 Å². The van der Waals surface area contributed by atoms with Gasteiger partial charge in [-0.1, -0.05) is 6.92 Å². The van der Waals surface area contributed by atoms with Gasteiger partial charge in [0.05, 0.1) is 19.3 Å². The third-order valence-corrected chi connectivity index (χ3v) is 2.94. The Balaban J connectivity index is 2.32. The third kappa shape index (κ3) is 3.80. The van der Waals surface area contributed by atoms with E-state index in [0.717, 1.165) is 13.0 Å². The van der Waals surface area contributed by atoms with Gasteiger partial charge in [-0.15, -0.1) is 0 Å². The number of nitrogens with two attached hydrogens (primary N) is 1. The van der Waals surface area contributed by atoms with Crippen LogP contribution in [0.25, 0.3) is 0 Å². The van der Waals surface area contributed by atoms with Gasteiger partial charge in [-0.25, -0.2) is 0 Å². The molecule has 0 radical (unpaired) electrons. The first-order valence-corrected chi connectivity index (χ1v) is 5.72. The fourth-order valence-corrected chi connectivity index (χ4v) is 1.73. The number of amides is 1. The van der Waals surface area contributed by atoms with E-state index in [1.54, 1.807) is 0 Å². The summed E-state index contributed by atoms with van der Waals surface area (Å²) in [6.45, 7) is 6.84. The Morgan fingerprint density at radius 1 is 1.67 bits per heavy atom. The molecule has 1 amide bonds. The molecule has 0 aromatic carbocycles. The second-order valence-corrected chi connectivity index (χ2v) is 4.39. The van der Waals surface area contributed by atoms with E-state index in [2.05, 4.69) is 6.92 Å². The lowest BCUT2D eigenvalue weighted by molar-refractivity contribution is -0.139. The second kappa shape index (κ2) is 6.08. The standard InChI is InChI=1S/C11H22N2O2/c1-9(7-12)3-4-11(14)13-5-6-15-8-10(13)2/h9-10H,3-8,12H2,1-2H3. The molecule has 4 heteroatoms. The SMILES string of the molecule is CC(CN)CCC(=O)N1CCOCC1C. The van der Waals surface area contributed by atoms with Crippen LogP contribution in [0.3, 0.4) is 0 Å². The van der Waals surface area contributed by atoms with Gasteiger partial charge in [0.15, 0.2) is 0 Å². The summed E-state index contributed by atoms with van der Waals surface area (Å²) >= 11 is 0. The van der Waals surface area contributed by atoms with E-state index in [-0.39, 0.29) is 11.9 Å². The van der Waals surface area contributed by atoms with E-state index < -0.39 is 0 Å². The molecule has 1 saturated heterocycles. The van der Waals surface area contributed by atoms with Gasteiger partial charge in [0.25, 0.3) is 0 Å². The summed E-state index contributed by atoms with van der Waals surface area (Å²) in [6.07, 6.45) is 1.50. The van der Waals surface area contributed by atoms with Crippen LogP contribution >= 0.6 is 0 Å². The molecule has 1 rings (SSSR count). The molecule has 1 aliphatic heterocycles. The molecule has 1 fully saturated rings. The monoisotopic (exact) mass is 214 g/mol. The fraction of sp³-hybridized carbons (Fsp3) is 0.909. The van der Waals surface area contributed by atoms with Crippen LogP contribution < -0.4 is 5.73 Å². The Bertz CT molecular complexity index is 209. The van der Waals surface area contributed by atoms with Crippen molar-refractivity contribution in [2.75, 3.05) is 26.3 Å². The highest BCUT2D eigenvalue weighted by Crippen LogP contribution is 2.11. The van der Waals surface area contributed by atoms with Crippen molar-refractivity contribution in [2.24, 2.45) is 11.7 Å². The minimum absolute atomic E-state index is 0.222. The normalized spacial score (nSPS) is 23.9. The molecule has 2 atom stereocenters. The van der Waals surface area contributed by atoms with Gasteiger partial charge in [0, 0.05) is 13.0 Å². The van der Waals surface area contributed by atoms with Crippen LogP contribution in [0.5, 0.6) is 0 Å². The highest BCUT2D eigenvalue weighted by Gasteiger charge is 2.23. The molecule has 0 aromatic heterocycles. The number of hydrogen-bond donors (Lipinski definition) is 1. The lowest BCUT2D eigenvalue weighted by Gasteiger charge is -2.33. The average Bonchev–Trinajstić information content (AvgIpc) is 2.26. The van der Waals surface area contributed by atoms with Crippen molar-refractivity contribution in [2.45, 2.75) is 32.7 Å². The minimum atomic E-state index is 0.222. The topological polar surface area (TPSA) is 55.6 Å². The van der Waals surface area contributed by atoms with E-state index in [9.17, 15) is 4.79 Å². The van der Waals surface area contributed by atoms with Crippen molar-refractivity contribution < 1.29 is 9.53 Å². The van der Waals surface area contributed by atoms with E-state index in [1.807, 2.05) is 11.8 Å². The first-order chi connectivity index (χ1) is 7.15. The Hall–Kier alpha value is -0.610. The molecule has 4 nitrogen and oxygen atoms in total. The Kier molecular flexibility index (Phi) is 5.05. The summed E-state index contributed by atoms with van der Waals surface area (Å²) in [5.74, 6) is 0.677. The molecule has 0 aromatic rings. The molecule has 0 saturated carbocycles. The molecular formula is C11H22N2O2. The predicted molar refractivity (Wildman–Crippen MR) is 59.4 cm³/mol. The van der Waals surface area contributed by atoms with E-state index in [0.29, 0.717) is 32.1 Å². The van der Waals surface area contributed by atoms with Crippen LogP contribution in [0.4, 0.5) is 0 Å². The minimum Gasteiger partial charge on any atom is -0.377 e. The molecule has 0 aliphatic carbocycles. The number of ether oxygens (including phenoxy) is 1. The first-order valence-electron chi connectivity index (χ1n) is 5.72. The maximum atomic E-state index is 11.9. The second-order valence-electron chi connectivity index (χ2n) is 4.39. The van der Waals surface area contributed by atoms with E-state index >= 15 is 0 Å². The summed E-state index contributed by atoms with van der Waals surface area (Å²) in [7, 11) is 0. The van der Waals surface area contributed by atoms with Crippen LogP contribution in [0.1, 0.15) is 26.7 Å². The fourth-order valence-electron chi connectivity index (χ4n) is 1.73. The summed E-state index contributed by atoms with van der Waals surface area (Å²) in [5, 5.41) is 0. The molecule has 1 aliphatic rings. The van der Waals surface area contributed by atoms with Crippen molar-refractivity contribution in [3.05, 3.63) is 0 Å².